The van der Waals surface area contributed by atoms with E-state index in [0.29, 0.717) is 9.11 Å². The van der Waals surface area contributed by atoms with E-state index in [4.69, 9.17) is 16.3 Å². The minimum Gasteiger partial charge on any atom is -0.463 e. The standard InChI is InChI=1S/C16H13ClFN3O3S/c1-2-24-16-19-15(13-5-3-4-6-14(13)18)21(20-16)25(22,23)12-9-7-11(17)8-10-12/h3-10H,2H2,1H3. The van der Waals surface area contributed by atoms with E-state index in [0.717, 1.165) is 0 Å². The van der Waals surface area contributed by atoms with Gasteiger partial charge in [0, 0.05) is 5.02 Å². The SMILES string of the molecule is CCOc1nc(-c2ccccc2F)n(S(=O)(=O)c2ccc(Cl)cc2)n1. The van der Waals surface area contributed by atoms with Gasteiger partial charge in [0.25, 0.3) is 10.0 Å². The molecule has 0 spiro atoms. The van der Waals surface area contributed by atoms with Crippen LogP contribution in [0.15, 0.2) is 53.4 Å². The van der Waals surface area contributed by atoms with Crippen LogP contribution in [0.1, 0.15) is 6.92 Å². The highest BCUT2D eigenvalue weighted by molar-refractivity contribution is 7.90. The molecule has 0 amide bonds. The van der Waals surface area contributed by atoms with Crippen LogP contribution < -0.4 is 4.74 Å². The summed E-state index contributed by atoms with van der Waals surface area (Å²) in [5, 5.41) is 4.27. The number of hydrogen-bond donors (Lipinski definition) is 0. The van der Waals surface area contributed by atoms with Gasteiger partial charge >= 0.3 is 6.01 Å². The van der Waals surface area contributed by atoms with Crippen LogP contribution in [-0.4, -0.2) is 29.2 Å². The summed E-state index contributed by atoms with van der Waals surface area (Å²) in [5.74, 6) is -0.790. The molecule has 0 radical (unpaired) electrons. The Morgan fingerprint density at radius 2 is 1.84 bits per heavy atom. The number of benzene rings is 2. The molecule has 0 bridgehead atoms. The van der Waals surface area contributed by atoms with Crippen molar-refractivity contribution in [2.45, 2.75) is 11.8 Å². The largest absolute Gasteiger partial charge is 0.463 e. The zero-order valence-corrected chi connectivity index (χ0v) is 14.6. The molecule has 0 aliphatic heterocycles. The fraction of sp³-hybridized carbons (Fsp3) is 0.125. The third-order valence-electron chi connectivity index (χ3n) is 3.29. The predicted octanol–water partition coefficient (Wildman–Crippen LogP) is 3.37. The lowest BCUT2D eigenvalue weighted by atomic mass is 10.2. The number of hydrogen-bond acceptors (Lipinski definition) is 5. The Hall–Kier alpha value is -2.45. The molecule has 2 aromatic carbocycles. The molecule has 25 heavy (non-hydrogen) atoms. The summed E-state index contributed by atoms with van der Waals surface area (Å²) in [6.07, 6.45) is 0. The van der Waals surface area contributed by atoms with Gasteiger partial charge in [-0.25, -0.2) is 4.39 Å². The number of aromatic nitrogens is 3. The van der Waals surface area contributed by atoms with Crippen molar-refractivity contribution in [2.75, 3.05) is 6.61 Å². The smallest absolute Gasteiger partial charge is 0.337 e. The molecule has 130 valence electrons. The quantitative estimate of drug-likeness (QED) is 0.677. The zero-order chi connectivity index (χ0) is 18.0. The van der Waals surface area contributed by atoms with E-state index in [1.165, 1.54) is 42.5 Å². The first-order valence-corrected chi connectivity index (χ1v) is 9.11. The van der Waals surface area contributed by atoms with Crippen molar-refractivity contribution in [1.82, 2.24) is 14.2 Å². The fourth-order valence-electron chi connectivity index (χ4n) is 2.15. The Kier molecular flexibility index (Phi) is 4.73. The Bertz CT molecular complexity index is 1000. The molecule has 0 saturated heterocycles. The van der Waals surface area contributed by atoms with Crippen LogP contribution in [0.5, 0.6) is 6.01 Å². The van der Waals surface area contributed by atoms with Crippen molar-refractivity contribution in [2.24, 2.45) is 0 Å². The molecular weight excluding hydrogens is 369 g/mol. The van der Waals surface area contributed by atoms with Crippen LogP contribution in [0.2, 0.25) is 5.02 Å². The predicted molar refractivity (Wildman–Crippen MR) is 90.6 cm³/mol. The topological polar surface area (TPSA) is 74.1 Å². The molecule has 0 fully saturated rings. The number of halogens is 2. The molecule has 0 aliphatic rings. The number of ether oxygens (including phenoxy) is 1. The lowest BCUT2D eigenvalue weighted by Crippen LogP contribution is -2.16. The molecule has 0 unspecified atom stereocenters. The summed E-state index contributed by atoms with van der Waals surface area (Å²) in [6, 6.07) is 11.1. The van der Waals surface area contributed by atoms with Crippen LogP contribution >= 0.6 is 11.6 Å². The summed E-state index contributed by atoms with van der Waals surface area (Å²) < 4.78 is 45.8. The monoisotopic (exact) mass is 381 g/mol. The second-order valence-corrected chi connectivity index (χ2v) is 7.14. The average molecular weight is 382 g/mol. The molecule has 3 aromatic rings. The lowest BCUT2D eigenvalue weighted by Gasteiger charge is -2.08. The first-order chi connectivity index (χ1) is 11.9. The highest BCUT2D eigenvalue weighted by Crippen LogP contribution is 2.27. The molecular formula is C16H13ClFN3O3S. The van der Waals surface area contributed by atoms with Crippen molar-refractivity contribution in [3.8, 4) is 17.4 Å². The lowest BCUT2D eigenvalue weighted by molar-refractivity contribution is 0.313. The van der Waals surface area contributed by atoms with Gasteiger partial charge in [0.15, 0.2) is 5.82 Å². The van der Waals surface area contributed by atoms with Crippen LogP contribution in [0, 0.1) is 5.82 Å². The third-order valence-corrected chi connectivity index (χ3v) is 5.12. The van der Waals surface area contributed by atoms with E-state index in [-0.39, 0.29) is 28.9 Å². The molecule has 1 heterocycles. The third kappa shape index (κ3) is 3.35. The van der Waals surface area contributed by atoms with Gasteiger partial charge in [-0.05, 0) is 43.3 Å². The molecule has 0 saturated carbocycles. The van der Waals surface area contributed by atoms with Crippen molar-refractivity contribution in [3.63, 3.8) is 0 Å². The van der Waals surface area contributed by atoms with E-state index in [2.05, 4.69) is 10.1 Å². The molecule has 6 nitrogen and oxygen atoms in total. The summed E-state index contributed by atoms with van der Waals surface area (Å²) in [5.41, 5.74) is -0.00140. The Morgan fingerprint density at radius 1 is 1.16 bits per heavy atom. The fourth-order valence-corrected chi connectivity index (χ4v) is 3.50. The summed E-state index contributed by atoms with van der Waals surface area (Å²) >= 11 is 5.80. The summed E-state index contributed by atoms with van der Waals surface area (Å²) in [4.78, 5) is 3.97. The van der Waals surface area contributed by atoms with E-state index >= 15 is 0 Å². The molecule has 9 heteroatoms. The maximum Gasteiger partial charge on any atom is 0.337 e. The second-order valence-electron chi connectivity index (χ2n) is 4.93. The minimum atomic E-state index is -4.11. The van der Waals surface area contributed by atoms with Crippen molar-refractivity contribution >= 4 is 21.6 Å². The normalized spacial score (nSPS) is 11.5. The maximum absolute atomic E-state index is 14.2. The van der Waals surface area contributed by atoms with Crippen LogP contribution in [0.3, 0.4) is 0 Å². The van der Waals surface area contributed by atoms with Crippen LogP contribution in [-0.2, 0) is 10.0 Å². The molecule has 0 aliphatic carbocycles. The van der Waals surface area contributed by atoms with Gasteiger partial charge in [-0.3, -0.25) is 0 Å². The number of rotatable bonds is 5. The maximum atomic E-state index is 14.2. The summed E-state index contributed by atoms with van der Waals surface area (Å²) in [7, 11) is -4.11. The van der Waals surface area contributed by atoms with Gasteiger partial charge in [0.1, 0.15) is 5.82 Å². The van der Waals surface area contributed by atoms with Gasteiger partial charge < -0.3 is 4.74 Å². The molecule has 0 N–H and O–H groups in total. The Balaban J connectivity index is 2.21. The van der Waals surface area contributed by atoms with Crippen molar-refractivity contribution in [3.05, 3.63) is 59.4 Å². The first-order valence-electron chi connectivity index (χ1n) is 7.29. The average Bonchev–Trinajstić information content (AvgIpc) is 3.00. The van der Waals surface area contributed by atoms with Gasteiger partial charge in [-0.1, -0.05) is 28.8 Å². The van der Waals surface area contributed by atoms with Crippen LogP contribution in [0.4, 0.5) is 4.39 Å². The van der Waals surface area contributed by atoms with E-state index in [1.807, 2.05) is 0 Å². The highest BCUT2D eigenvalue weighted by Gasteiger charge is 2.26. The molecule has 0 atom stereocenters. The van der Waals surface area contributed by atoms with Crippen LogP contribution in [0.25, 0.3) is 11.4 Å². The highest BCUT2D eigenvalue weighted by atomic mass is 35.5. The van der Waals surface area contributed by atoms with Gasteiger partial charge in [-0.15, -0.1) is 4.09 Å². The molecule has 1 aromatic heterocycles. The van der Waals surface area contributed by atoms with Crippen molar-refractivity contribution < 1.29 is 17.5 Å². The first kappa shape index (κ1) is 17.4. The van der Waals surface area contributed by atoms with E-state index < -0.39 is 15.8 Å². The number of nitrogens with zero attached hydrogens (tertiary/aromatic N) is 3. The summed E-state index contributed by atoms with van der Waals surface area (Å²) in [6.45, 7) is 1.94. The Labute approximate surface area is 148 Å². The molecule has 3 rings (SSSR count). The van der Waals surface area contributed by atoms with Gasteiger partial charge in [0.05, 0.1) is 17.1 Å². The minimum absolute atomic E-state index is 0.00140. The Morgan fingerprint density at radius 3 is 2.48 bits per heavy atom. The van der Waals surface area contributed by atoms with E-state index in [1.54, 1.807) is 13.0 Å². The van der Waals surface area contributed by atoms with E-state index in [9.17, 15) is 12.8 Å². The van der Waals surface area contributed by atoms with Gasteiger partial charge in [0.2, 0.25) is 0 Å². The zero-order valence-electron chi connectivity index (χ0n) is 13.1. The second kappa shape index (κ2) is 6.81. The van der Waals surface area contributed by atoms with Crippen molar-refractivity contribution in [1.29, 1.82) is 0 Å². The van der Waals surface area contributed by atoms with Gasteiger partial charge in [-0.2, -0.15) is 13.4 Å².